The maximum Gasteiger partial charge on any atom is 0.306 e. The summed E-state index contributed by atoms with van der Waals surface area (Å²) in [5.74, 6) is 2.88. The zero-order valence-electron chi connectivity index (χ0n) is 17.0. The third kappa shape index (κ3) is 4.77. The minimum absolute atomic E-state index is 0.0136. The Morgan fingerprint density at radius 3 is 2.20 bits per heavy atom. The van der Waals surface area contributed by atoms with Crippen molar-refractivity contribution in [3.8, 4) is 0 Å². The number of carbonyl (C=O) groups excluding carboxylic acids is 1. The lowest BCUT2D eigenvalue weighted by Gasteiger charge is -2.40. The molecule has 3 aliphatic rings. The third-order valence-corrected chi connectivity index (χ3v) is 6.70. The third-order valence-electron chi connectivity index (χ3n) is 6.70. The van der Waals surface area contributed by atoms with Gasteiger partial charge in [-0.25, -0.2) is 0 Å². The van der Waals surface area contributed by atoms with E-state index < -0.39 is 0 Å². The summed E-state index contributed by atoms with van der Waals surface area (Å²) in [6, 6.07) is 0.657. The highest BCUT2D eigenvalue weighted by molar-refractivity contribution is 5.70. The van der Waals surface area contributed by atoms with Crippen LogP contribution in [0.4, 0.5) is 0 Å². The molecule has 3 fully saturated rings. The molecule has 1 aliphatic heterocycles. The SMILES string of the molecule is CC(C)N1CCN(CC2C3CC[C@@H](C3)C2CC(=O)OC(C)(C)C)CC1. The topological polar surface area (TPSA) is 32.8 Å². The van der Waals surface area contributed by atoms with E-state index in [9.17, 15) is 4.79 Å². The summed E-state index contributed by atoms with van der Waals surface area (Å²) in [4.78, 5) is 17.6. The number of ether oxygens (including phenoxy) is 1. The Bertz CT molecular complexity index is 463. The maximum absolute atomic E-state index is 12.4. The van der Waals surface area contributed by atoms with Crippen LogP contribution in [0.5, 0.6) is 0 Å². The van der Waals surface area contributed by atoms with Crippen molar-refractivity contribution in [3.05, 3.63) is 0 Å². The average molecular weight is 351 g/mol. The number of esters is 1. The molecule has 1 saturated heterocycles. The number of carbonyl (C=O) groups is 1. The summed E-state index contributed by atoms with van der Waals surface area (Å²) in [7, 11) is 0. The highest BCUT2D eigenvalue weighted by Gasteiger charge is 2.48. The van der Waals surface area contributed by atoms with Gasteiger partial charge in [0, 0.05) is 45.2 Å². The zero-order valence-corrected chi connectivity index (χ0v) is 17.0. The van der Waals surface area contributed by atoms with Crippen LogP contribution in [0.1, 0.15) is 60.3 Å². The van der Waals surface area contributed by atoms with Crippen molar-refractivity contribution in [2.45, 2.75) is 71.9 Å². The molecule has 0 radical (unpaired) electrons. The molecule has 3 rings (SSSR count). The maximum atomic E-state index is 12.4. The van der Waals surface area contributed by atoms with Crippen LogP contribution in [-0.4, -0.2) is 60.1 Å². The van der Waals surface area contributed by atoms with Crippen molar-refractivity contribution in [2.75, 3.05) is 32.7 Å². The molecule has 4 nitrogen and oxygen atoms in total. The van der Waals surface area contributed by atoms with E-state index in [1.54, 1.807) is 0 Å². The van der Waals surface area contributed by atoms with Gasteiger partial charge >= 0.3 is 5.97 Å². The van der Waals surface area contributed by atoms with E-state index >= 15 is 0 Å². The van der Waals surface area contributed by atoms with Gasteiger partial charge in [0.25, 0.3) is 0 Å². The molecule has 0 aromatic heterocycles. The van der Waals surface area contributed by atoms with E-state index in [1.807, 2.05) is 20.8 Å². The van der Waals surface area contributed by atoms with Gasteiger partial charge in [-0.3, -0.25) is 9.69 Å². The molecule has 0 aromatic rings. The van der Waals surface area contributed by atoms with Gasteiger partial charge in [-0.15, -0.1) is 0 Å². The van der Waals surface area contributed by atoms with Crippen molar-refractivity contribution in [3.63, 3.8) is 0 Å². The summed E-state index contributed by atoms with van der Waals surface area (Å²) < 4.78 is 5.63. The first-order valence-electron chi connectivity index (χ1n) is 10.4. The molecule has 25 heavy (non-hydrogen) atoms. The van der Waals surface area contributed by atoms with Crippen LogP contribution >= 0.6 is 0 Å². The first kappa shape index (κ1) is 19.2. The molecule has 2 bridgehead atoms. The van der Waals surface area contributed by atoms with Crippen LogP contribution in [0.25, 0.3) is 0 Å². The summed E-state index contributed by atoms with van der Waals surface area (Å²) in [6.45, 7) is 16.4. The molecular weight excluding hydrogens is 312 g/mol. The van der Waals surface area contributed by atoms with Gasteiger partial charge in [0.15, 0.2) is 0 Å². The highest BCUT2D eigenvalue weighted by atomic mass is 16.6. The van der Waals surface area contributed by atoms with E-state index in [-0.39, 0.29) is 11.6 Å². The average Bonchev–Trinajstić information content (AvgIpc) is 3.09. The van der Waals surface area contributed by atoms with E-state index in [1.165, 1.54) is 52.0 Å². The number of hydrogen-bond donors (Lipinski definition) is 0. The normalized spacial score (nSPS) is 34.0. The first-order valence-corrected chi connectivity index (χ1v) is 10.4. The lowest BCUT2D eigenvalue weighted by atomic mass is 9.77. The van der Waals surface area contributed by atoms with Crippen molar-refractivity contribution < 1.29 is 9.53 Å². The largest absolute Gasteiger partial charge is 0.460 e. The number of hydrogen-bond acceptors (Lipinski definition) is 4. The number of fused-ring (bicyclic) bond motifs is 2. The van der Waals surface area contributed by atoms with Crippen LogP contribution in [0.2, 0.25) is 0 Å². The van der Waals surface area contributed by atoms with Gasteiger partial charge in [-0.05, 0) is 77.6 Å². The fourth-order valence-corrected chi connectivity index (χ4v) is 5.47. The Labute approximate surface area is 154 Å². The summed E-state index contributed by atoms with van der Waals surface area (Å²) >= 11 is 0. The van der Waals surface area contributed by atoms with Gasteiger partial charge in [0.2, 0.25) is 0 Å². The fourth-order valence-electron chi connectivity index (χ4n) is 5.47. The van der Waals surface area contributed by atoms with E-state index in [4.69, 9.17) is 4.74 Å². The molecular formula is C21H38N2O2. The first-order chi connectivity index (χ1) is 11.7. The standard InChI is InChI=1S/C21H38N2O2/c1-15(2)23-10-8-22(9-11-23)14-19-17-7-6-16(12-17)18(19)13-20(24)25-21(3,4)5/h15-19H,6-14H2,1-5H3/t16-,17?,18?,19?/m0/s1. The minimum atomic E-state index is -0.364. The fraction of sp³-hybridized carbons (Fsp3) is 0.952. The quantitative estimate of drug-likeness (QED) is 0.712. The molecule has 2 aliphatic carbocycles. The Kier molecular flexibility index (Phi) is 5.79. The predicted octanol–water partition coefficient (Wildman–Crippen LogP) is 3.41. The number of piperazine rings is 1. The van der Waals surface area contributed by atoms with Crippen molar-refractivity contribution >= 4 is 5.97 Å². The van der Waals surface area contributed by atoms with Crippen LogP contribution in [0.3, 0.4) is 0 Å². The smallest absolute Gasteiger partial charge is 0.306 e. The van der Waals surface area contributed by atoms with Gasteiger partial charge in [0.1, 0.15) is 5.60 Å². The van der Waals surface area contributed by atoms with Gasteiger partial charge < -0.3 is 9.64 Å². The molecule has 144 valence electrons. The summed E-state index contributed by atoms with van der Waals surface area (Å²) in [5.41, 5.74) is -0.364. The summed E-state index contributed by atoms with van der Waals surface area (Å²) in [6.07, 6.45) is 4.70. The summed E-state index contributed by atoms with van der Waals surface area (Å²) in [5, 5.41) is 0. The lowest BCUT2D eigenvalue weighted by Crippen LogP contribution is -2.50. The molecule has 0 N–H and O–H groups in total. The molecule has 3 unspecified atom stereocenters. The monoisotopic (exact) mass is 350 g/mol. The van der Waals surface area contributed by atoms with Gasteiger partial charge in [-0.2, -0.15) is 0 Å². The van der Waals surface area contributed by atoms with E-state index in [0.29, 0.717) is 24.3 Å². The molecule has 1 heterocycles. The molecule has 2 saturated carbocycles. The molecule has 0 spiro atoms. The lowest BCUT2D eigenvalue weighted by molar-refractivity contribution is -0.157. The van der Waals surface area contributed by atoms with Crippen molar-refractivity contribution in [1.29, 1.82) is 0 Å². The van der Waals surface area contributed by atoms with E-state index in [0.717, 1.165) is 11.8 Å². The van der Waals surface area contributed by atoms with Gasteiger partial charge in [0.05, 0.1) is 0 Å². The van der Waals surface area contributed by atoms with Gasteiger partial charge in [-0.1, -0.05) is 0 Å². The Hall–Kier alpha value is -0.610. The van der Waals surface area contributed by atoms with Crippen LogP contribution in [0, 0.1) is 23.7 Å². The Morgan fingerprint density at radius 2 is 1.64 bits per heavy atom. The zero-order chi connectivity index (χ0) is 18.2. The molecule has 4 atom stereocenters. The number of nitrogens with zero attached hydrogens (tertiary/aromatic N) is 2. The van der Waals surface area contributed by atoms with Crippen LogP contribution < -0.4 is 0 Å². The van der Waals surface area contributed by atoms with Crippen LogP contribution in [-0.2, 0) is 9.53 Å². The van der Waals surface area contributed by atoms with Crippen LogP contribution in [0.15, 0.2) is 0 Å². The second-order valence-corrected chi connectivity index (χ2v) is 9.88. The molecule has 0 amide bonds. The number of rotatable bonds is 5. The van der Waals surface area contributed by atoms with Crippen molar-refractivity contribution in [2.24, 2.45) is 23.7 Å². The van der Waals surface area contributed by atoms with Crippen molar-refractivity contribution in [1.82, 2.24) is 9.80 Å². The predicted molar refractivity (Wildman–Crippen MR) is 101 cm³/mol. The Morgan fingerprint density at radius 1 is 1.04 bits per heavy atom. The second kappa shape index (κ2) is 7.56. The second-order valence-electron chi connectivity index (χ2n) is 9.88. The Balaban J connectivity index is 1.55. The molecule has 0 aromatic carbocycles. The molecule has 4 heteroatoms. The minimum Gasteiger partial charge on any atom is -0.460 e. The highest BCUT2D eigenvalue weighted by Crippen LogP contribution is 2.53. The van der Waals surface area contributed by atoms with E-state index in [2.05, 4.69) is 23.6 Å².